The highest BCUT2D eigenvalue weighted by Gasteiger charge is 2.35. The monoisotopic (exact) mass is 303 g/mol. The molecule has 2 rings (SSSR count). The van der Waals surface area contributed by atoms with Crippen molar-refractivity contribution in [2.75, 3.05) is 21.2 Å². The summed E-state index contributed by atoms with van der Waals surface area (Å²) in [6.45, 7) is 1.61. The van der Waals surface area contributed by atoms with Gasteiger partial charge in [0, 0.05) is 19.0 Å². The number of amidine groups is 1. The fraction of sp³-hybridized carbons (Fsp3) is 0.357. The van der Waals surface area contributed by atoms with E-state index in [4.69, 9.17) is 4.74 Å². The molecule has 1 atom stereocenters. The summed E-state index contributed by atoms with van der Waals surface area (Å²) in [5, 5.41) is 11.3. The van der Waals surface area contributed by atoms with Crippen molar-refractivity contribution in [3.8, 4) is 5.75 Å². The molecule has 1 unspecified atom stereocenters. The van der Waals surface area contributed by atoms with Gasteiger partial charge in [-0.3, -0.25) is 10.1 Å². The summed E-state index contributed by atoms with van der Waals surface area (Å²) in [4.78, 5) is 25.2. The highest BCUT2D eigenvalue weighted by Crippen LogP contribution is 2.20. The smallest absolute Gasteiger partial charge is 0.309 e. The molecule has 0 bridgehead atoms. The normalized spacial score (nSPS) is 19.5. The molecular formula is C14H17N5O3. The second-order valence-electron chi connectivity index (χ2n) is 4.92. The van der Waals surface area contributed by atoms with Gasteiger partial charge in [0.2, 0.25) is 11.8 Å². The van der Waals surface area contributed by atoms with E-state index in [1.807, 2.05) is 0 Å². The van der Waals surface area contributed by atoms with E-state index in [0.29, 0.717) is 23.1 Å². The number of guanidine groups is 1. The maximum Gasteiger partial charge on any atom is 0.309 e. The third-order valence-corrected chi connectivity index (χ3v) is 3.06. The van der Waals surface area contributed by atoms with Crippen molar-refractivity contribution < 1.29 is 9.66 Å². The van der Waals surface area contributed by atoms with E-state index in [2.05, 4.69) is 15.0 Å². The number of rotatable bonds is 3. The van der Waals surface area contributed by atoms with Gasteiger partial charge in [-0.05, 0) is 31.2 Å². The third-order valence-electron chi connectivity index (χ3n) is 3.06. The summed E-state index contributed by atoms with van der Waals surface area (Å²) >= 11 is 0. The van der Waals surface area contributed by atoms with E-state index >= 15 is 0 Å². The number of methoxy groups -OCH3 is 1. The highest BCUT2D eigenvalue weighted by atomic mass is 16.6. The quantitative estimate of drug-likeness (QED) is 0.628. The first-order chi connectivity index (χ1) is 10.4. The molecule has 0 saturated heterocycles. The molecule has 116 valence electrons. The molecule has 22 heavy (non-hydrogen) atoms. The third kappa shape index (κ3) is 3.27. The Morgan fingerprint density at radius 2 is 1.91 bits per heavy atom. The van der Waals surface area contributed by atoms with Gasteiger partial charge in [-0.15, -0.1) is 0 Å². The molecule has 1 aromatic rings. The predicted molar refractivity (Wildman–Crippen MR) is 85.1 cm³/mol. The maximum atomic E-state index is 11.3. The summed E-state index contributed by atoms with van der Waals surface area (Å²) < 4.78 is 5.07. The first kappa shape index (κ1) is 15.6. The summed E-state index contributed by atoms with van der Waals surface area (Å²) in [7, 11) is 5.11. The van der Waals surface area contributed by atoms with Crippen LogP contribution in [0.15, 0.2) is 39.2 Å². The van der Waals surface area contributed by atoms with Crippen LogP contribution in [0.2, 0.25) is 0 Å². The lowest BCUT2D eigenvalue weighted by Gasteiger charge is -2.19. The molecule has 0 amide bonds. The van der Waals surface area contributed by atoms with Crippen LogP contribution in [-0.2, 0) is 0 Å². The van der Waals surface area contributed by atoms with E-state index in [1.54, 1.807) is 57.3 Å². The van der Waals surface area contributed by atoms with E-state index in [-0.39, 0.29) is 5.84 Å². The number of ether oxygens (including phenoxy) is 1. The zero-order chi connectivity index (χ0) is 16.3. The molecule has 0 aliphatic carbocycles. The van der Waals surface area contributed by atoms with Crippen molar-refractivity contribution in [1.29, 1.82) is 0 Å². The topological polar surface area (TPSA) is 92.7 Å². The second kappa shape index (κ2) is 6.33. The summed E-state index contributed by atoms with van der Waals surface area (Å²) in [6.07, 6.45) is 0. The first-order valence-electron chi connectivity index (χ1n) is 6.59. The maximum absolute atomic E-state index is 11.3. The van der Waals surface area contributed by atoms with E-state index < -0.39 is 11.0 Å². The molecule has 0 radical (unpaired) electrons. The predicted octanol–water partition coefficient (Wildman–Crippen LogP) is 1.76. The van der Waals surface area contributed by atoms with Gasteiger partial charge < -0.3 is 9.64 Å². The Hall–Kier alpha value is -2.77. The molecule has 8 heteroatoms. The Labute approximate surface area is 128 Å². The Balaban J connectivity index is 2.44. The molecule has 1 aliphatic rings. The lowest BCUT2D eigenvalue weighted by atomic mass is 10.1. The van der Waals surface area contributed by atoms with Crippen molar-refractivity contribution >= 4 is 23.2 Å². The van der Waals surface area contributed by atoms with Crippen LogP contribution in [-0.4, -0.2) is 54.6 Å². The van der Waals surface area contributed by atoms with Gasteiger partial charge in [-0.2, -0.15) is 4.99 Å². The van der Waals surface area contributed by atoms with E-state index in [0.717, 1.165) is 0 Å². The zero-order valence-electron chi connectivity index (χ0n) is 12.8. The fourth-order valence-electron chi connectivity index (χ4n) is 1.92. The molecule has 0 N–H and O–H groups in total. The Morgan fingerprint density at radius 1 is 1.27 bits per heavy atom. The SMILES string of the molecule is COc1ccc(N=C2N=C(N(C)C)N=C(C)C2[N+](=O)[O-])cc1. The molecule has 1 aliphatic heterocycles. The zero-order valence-corrected chi connectivity index (χ0v) is 12.8. The van der Waals surface area contributed by atoms with Crippen molar-refractivity contribution in [2.24, 2.45) is 15.0 Å². The van der Waals surface area contributed by atoms with Crippen LogP contribution in [0.1, 0.15) is 6.92 Å². The molecule has 8 nitrogen and oxygen atoms in total. The average molecular weight is 303 g/mol. The fourth-order valence-corrected chi connectivity index (χ4v) is 1.92. The lowest BCUT2D eigenvalue weighted by Crippen LogP contribution is -2.41. The van der Waals surface area contributed by atoms with Gasteiger partial charge in [0.25, 0.3) is 0 Å². The van der Waals surface area contributed by atoms with Crippen LogP contribution in [0.3, 0.4) is 0 Å². The molecule has 0 saturated carbocycles. The molecule has 0 fully saturated rings. The van der Waals surface area contributed by atoms with Crippen LogP contribution in [0.4, 0.5) is 5.69 Å². The number of hydrogen-bond acceptors (Lipinski definition) is 6. The van der Waals surface area contributed by atoms with E-state index in [9.17, 15) is 10.1 Å². The van der Waals surface area contributed by atoms with Crippen LogP contribution in [0.25, 0.3) is 0 Å². The van der Waals surface area contributed by atoms with Crippen LogP contribution < -0.4 is 4.74 Å². The largest absolute Gasteiger partial charge is 0.497 e. The Kier molecular flexibility index (Phi) is 4.50. The number of nitrogens with zero attached hydrogens (tertiary/aromatic N) is 5. The molecular weight excluding hydrogens is 286 g/mol. The van der Waals surface area contributed by atoms with Crippen LogP contribution in [0.5, 0.6) is 5.75 Å². The first-order valence-corrected chi connectivity index (χ1v) is 6.59. The van der Waals surface area contributed by atoms with Gasteiger partial charge in [0.05, 0.1) is 12.8 Å². The average Bonchev–Trinajstić information content (AvgIpc) is 2.47. The number of aliphatic imine (C=N–C) groups is 3. The van der Waals surface area contributed by atoms with Gasteiger partial charge in [-0.1, -0.05) is 0 Å². The number of hydrogen-bond donors (Lipinski definition) is 0. The van der Waals surface area contributed by atoms with Crippen molar-refractivity contribution in [3.05, 3.63) is 34.4 Å². The minimum atomic E-state index is -1.13. The Morgan fingerprint density at radius 3 is 2.41 bits per heavy atom. The summed E-state index contributed by atoms with van der Waals surface area (Å²) in [5.41, 5.74) is 0.926. The van der Waals surface area contributed by atoms with Crippen LogP contribution in [0, 0.1) is 10.1 Å². The number of benzene rings is 1. The minimum absolute atomic E-state index is 0.117. The highest BCUT2D eigenvalue weighted by molar-refractivity contribution is 6.18. The van der Waals surface area contributed by atoms with Crippen molar-refractivity contribution in [2.45, 2.75) is 13.0 Å². The summed E-state index contributed by atoms with van der Waals surface area (Å²) in [5.74, 6) is 1.20. The molecule has 1 aromatic carbocycles. The molecule has 0 aromatic heterocycles. The lowest BCUT2D eigenvalue weighted by molar-refractivity contribution is -0.484. The second-order valence-corrected chi connectivity index (χ2v) is 4.92. The van der Waals surface area contributed by atoms with E-state index in [1.165, 1.54) is 0 Å². The van der Waals surface area contributed by atoms with Gasteiger partial charge in [0.1, 0.15) is 11.5 Å². The van der Waals surface area contributed by atoms with Gasteiger partial charge in [-0.25, -0.2) is 9.98 Å². The number of nitro groups is 1. The Bertz CT molecular complexity index is 662. The standard InChI is InChI=1S/C14H17N5O3/c1-9-12(19(20)21)13(17-14(15-9)18(2)3)16-10-5-7-11(22-4)8-6-10/h5-8,12H,1-4H3. The van der Waals surface area contributed by atoms with Crippen LogP contribution >= 0.6 is 0 Å². The molecule has 1 heterocycles. The molecule has 0 spiro atoms. The van der Waals surface area contributed by atoms with Crippen molar-refractivity contribution in [1.82, 2.24) is 4.90 Å². The minimum Gasteiger partial charge on any atom is -0.497 e. The van der Waals surface area contributed by atoms with Crippen molar-refractivity contribution in [3.63, 3.8) is 0 Å². The van der Waals surface area contributed by atoms with Gasteiger partial charge in [0.15, 0.2) is 0 Å². The summed E-state index contributed by atoms with van der Waals surface area (Å²) in [6, 6.07) is 5.77. The van der Waals surface area contributed by atoms with Gasteiger partial charge >= 0.3 is 6.04 Å².